The van der Waals surface area contributed by atoms with Crippen molar-refractivity contribution in [3.63, 3.8) is 0 Å². The van der Waals surface area contributed by atoms with Gasteiger partial charge < -0.3 is 10.5 Å². The standard InChI is InChI=1S/C11H18BrN3O2/c1-17-7-3-2-4-10(16)9-8-11(12)14-15(9)6-5-13/h8H,2-7,13H2,1H3. The summed E-state index contributed by atoms with van der Waals surface area (Å²) in [5.74, 6) is 0.104. The number of nitrogens with zero attached hydrogens (tertiary/aromatic N) is 2. The smallest absolute Gasteiger partial charge is 0.180 e. The highest BCUT2D eigenvalue weighted by Gasteiger charge is 2.13. The first kappa shape index (κ1) is 14.3. The van der Waals surface area contributed by atoms with E-state index in [2.05, 4.69) is 21.0 Å². The number of nitrogens with two attached hydrogens (primary N) is 1. The lowest BCUT2D eigenvalue weighted by molar-refractivity contribution is 0.0964. The van der Waals surface area contributed by atoms with E-state index in [1.54, 1.807) is 17.9 Å². The Morgan fingerprint density at radius 2 is 2.35 bits per heavy atom. The Morgan fingerprint density at radius 1 is 1.59 bits per heavy atom. The van der Waals surface area contributed by atoms with Crippen LogP contribution in [-0.4, -0.2) is 35.8 Å². The van der Waals surface area contributed by atoms with Gasteiger partial charge in [0.1, 0.15) is 10.3 Å². The lowest BCUT2D eigenvalue weighted by atomic mass is 10.1. The van der Waals surface area contributed by atoms with E-state index in [9.17, 15) is 4.79 Å². The number of hydrogen-bond acceptors (Lipinski definition) is 4. The molecule has 0 saturated carbocycles. The maximum absolute atomic E-state index is 12.0. The van der Waals surface area contributed by atoms with Gasteiger partial charge in [0.15, 0.2) is 5.78 Å². The minimum absolute atomic E-state index is 0.104. The van der Waals surface area contributed by atoms with Crippen molar-refractivity contribution in [2.45, 2.75) is 25.8 Å². The summed E-state index contributed by atoms with van der Waals surface area (Å²) < 4.78 is 7.27. The fourth-order valence-corrected chi connectivity index (χ4v) is 1.97. The fraction of sp³-hybridized carbons (Fsp3) is 0.636. The molecule has 0 atom stereocenters. The molecule has 1 heterocycles. The minimum atomic E-state index is 0.104. The van der Waals surface area contributed by atoms with Crippen molar-refractivity contribution in [1.82, 2.24) is 9.78 Å². The van der Waals surface area contributed by atoms with Crippen molar-refractivity contribution in [2.24, 2.45) is 5.73 Å². The van der Waals surface area contributed by atoms with E-state index in [-0.39, 0.29) is 5.78 Å². The molecule has 0 unspecified atom stereocenters. The molecule has 0 radical (unpaired) electrons. The van der Waals surface area contributed by atoms with E-state index < -0.39 is 0 Å². The minimum Gasteiger partial charge on any atom is -0.385 e. The number of carbonyl (C=O) groups is 1. The first-order chi connectivity index (χ1) is 8.19. The number of unbranched alkanes of at least 4 members (excludes halogenated alkanes) is 1. The van der Waals surface area contributed by atoms with Gasteiger partial charge in [0.25, 0.3) is 0 Å². The topological polar surface area (TPSA) is 70.1 Å². The van der Waals surface area contributed by atoms with Crippen LogP contribution in [0.1, 0.15) is 29.8 Å². The first-order valence-electron chi connectivity index (χ1n) is 5.64. The predicted molar refractivity (Wildman–Crippen MR) is 69.0 cm³/mol. The quantitative estimate of drug-likeness (QED) is 0.585. The molecule has 0 aliphatic rings. The number of Topliss-reactive ketones (excluding diaryl/α,β-unsaturated/α-hetero) is 1. The summed E-state index contributed by atoms with van der Waals surface area (Å²) in [6.07, 6.45) is 2.25. The van der Waals surface area contributed by atoms with Crippen molar-refractivity contribution in [3.8, 4) is 0 Å². The molecule has 0 aromatic carbocycles. The number of rotatable bonds is 8. The van der Waals surface area contributed by atoms with Crippen molar-refractivity contribution < 1.29 is 9.53 Å². The van der Waals surface area contributed by atoms with E-state index in [1.165, 1.54) is 0 Å². The molecule has 1 aromatic rings. The molecule has 0 bridgehead atoms. The van der Waals surface area contributed by atoms with Gasteiger partial charge in [-0.1, -0.05) is 0 Å². The molecule has 0 aliphatic carbocycles. The van der Waals surface area contributed by atoms with Gasteiger partial charge in [0, 0.05) is 32.7 Å². The Kier molecular flexibility index (Phi) is 6.39. The Bertz CT molecular complexity index is 366. The van der Waals surface area contributed by atoms with Crippen LogP contribution in [0.15, 0.2) is 10.7 Å². The van der Waals surface area contributed by atoms with Gasteiger partial charge in [-0.25, -0.2) is 0 Å². The summed E-state index contributed by atoms with van der Waals surface area (Å²) in [5.41, 5.74) is 6.10. The van der Waals surface area contributed by atoms with Crippen LogP contribution in [0.5, 0.6) is 0 Å². The fourth-order valence-electron chi connectivity index (χ4n) is 1.56. The van der Waals surface area contributed by atoms with Gasteiger partial charge in [-0.2, -0.15) is 5.10 Å². The summed E-state index contributed by atoms with van der Waals surface area (Å²) in [4.78, 5) is 12.0. The number of carbonyl (C=O) groups excluding carboxylic acids is 1. The monoisotopic (exact) mass is 303 g/mol. The highest BCUT2D eigenvalue weighted by atomic mass is 79.9. The largest absolute Gasteiger partial charge is 0.385 e. The second-order valence-corrected chi connectivity index (χ2v) is 4.55. The molecule has 0 amide bonds. The number of halogens is 1. The average molecular weight is 304 g/mol. The number of hydrogen-bond donors (Lipinski definition) is 1. The summed E-state index contributed by atoms with van der Waals surface area (Å²) in [6.45, 7) is 1.72. The van der Waals surface area contributed by atoms with E-state index in [4.69, 9.17) is 10.5 Å². The molecule has 6 heteroatoms. The van der Waals surface area contributed by atoms with Crippen LogP contribution in [0.4, 0.5) is 0 Å². The Morgan fingerprint density at radius 3 is 3.00 bits per heavy atom. The number of ketones is 1. The lowest BCUT2D eigenvalue weighted by Gasteiger charge is -2.04. The first-order valence-corrected chi connectivity index (χ1v) is 6.44. The molecule has 0 spiro atoms. The lowest BCUT2D eigenvalue weighted by Crippen LogP contribution is -2.16. The molecule has 96 valence electrons. The van der Waals surface area contributed by atoms with Crippen LogP contribution in [-0.2, 0) is 11.3 Å². The van der Waals surface area contributed by atoms with Crippen molar-refractivity contribution in [2.75, 3.05) is 20.3 Å². The van der Waals surface area contributed by atoms with Gasteiger partial charge in [0.2, 0.25) is 0 Å². The van der Waals surface area contributed by atoms with Crippen LogP contribution < -0.4 is 5.73 Å². The van der Waals surface area contributed by atoms with Gasteiger partial charge in [0.05, 0.1) is 6.54 Å². The summed E-state index contributed by atoms with van der Waals surface area (Å²) in [7, 11) is 1.66. The molecule has 2 N–H and O–H groups in total. The zero-order valence-electron chi connectivity index (χ0n) is 9.99. The Hall–Kier alpha value is -0.720. The highest BCUT2D eigenvalue weighted by Crippen LogP contribution is 2.13. The maximum atomic E-state index is 12.0. The summed E-state index contributed by atoms with van der Waals surface area (Å²) in [6, 6.07) is 1.74. The van der Waals surface area contributed by atoms with Crippen LogP contribution in [0, 0.1) is 0 Å². The molecular formula is C11H18BrN3O2. The molecule has 5 nitrogen and oxygen atoms in total. The molecule has 0 saturated heterocycles. The van der Waals surface area contributed by atoms with E-state index in [0.29, 0.717) is 36.4 Å². The third-order valence-corrected chi connectivity index (χ3v) is 2.77. The second-order valence-electron chi connectivity index (χ2n) is 3.74. The number of aromatic nitrogens is 2. The molecule has 0 fully saturated rings. The van der Waals surface area contributed by atoms with E-state index >= 15 is 0 Å². The van der Waals surface area contributed by atoms with Crippen molar-refractivity contribution >= 4 is 21.7 Å². The van der Waals surface area contributed by atoms with Gasteiger partial charge in [-0.05, 0) is 28.8 Å². The van der Waals surface area contributed by atoms with Gasteiger partial charge in [-0.3, -0.25) is 9.48 Å². The average Bonchev–Trinajstić information content (AvgIpc) is 2.66. The second kappa shape index (κ2) is 7.58. The number of ether oxygens (including phenoxy) is 1. The van der Waals surface area contributed by atoms with E-state index in [1.807, 2.05) is 0 Å². The van der Waals surface area contributed by atoms with Gasteiger partial charge >= 0.3 is 0 Å². The molecule has 0 aliphatic heterocycles. The van der Waals surface area contributed by atoms with Crippen molar-refractivity contribution in [1.29, 1.82) is 0 Å². The van der Waals surface area contributed by atoms with Crippen LogP contribution in [0.2, 0.25) is 0 Å². The number of methoxy groups -OCH3 is 1. The zero-order valence-corrected chi connectivity index (χ0v) is 11.6. The van der Waals surface area contributed by atoms with Crippen LogP contribution in [0.25, 0.3) is 0 Å². The van der Waals surface area contributed by atoms with Crippen LogP contribution in [0.3, 0.4) is 0 Å². The zero-order chi connectivity index (χ0) is 12.7. The SMILES string of the molecule is COCCCCC(=O)c1cc(Br)nn1CCN. The normalized spacial score (nSPS) is 10.8. The predicted octanol–water partition coefficient (Wildman–Crippen LogP) is 1.60. The maximum Gasteiger partial charge on any atom is 0.180 e. The van der Waals surface area contributed by atoms with Crippen molar-refractivity contribution in [3.05, 3.63) is 16.4 Å². The third-order valence-electron chi connectivity index (χ3n) is 2.38. The molecule has 17 heavy (non-hydrogen) atoms. The highest BCUT2D eigenvalue weighted by molar-refractivity contribution is 9.10. The van der Waals surface area contributed by atoms with E-state index in [0.717, 1.165) is 12.8 Å². The van der Waals surface area contributed by atoms with Gasteiger partial charge in [-0.15, -0.1) is 0 Å². The third kappa shape index (κ3) is 4.57. The Labute approximate surface area is 109 Å². The van der Waals surface area contributed by atoms with Crippen LogP contribution >= 0.6 is 15.9 Å². The molecule has 1 aromatic heterocycles. The Balaban J connectivity index is 2.55. The molecule has 1 rings (SSSR count). The molecular weight excluding hydrogens is 286 g/mol. The summed E-state index contributed by atoms with van der Waals surface area (Å²) >= 11 is 3.27. The summed E-state index contributed by atoms with van der Waals surface area (Å²) in [5, 5.41) is 4.17.